The van der Waals surface area contributed by atoms with Crippen LogP contribution in [0.1, 0.15) is 73.6 Å². The van der Waals surface area contributed by atoms with Crippen molar-refractivity contribution in [3.8, 4) is 0 Å². The van der Waals surface area contributed by atoms with E-state index in [-0.39, 0.29) is 32.1 Å². The van der Waals surface area contributed by atoms with Crippen LogP contribution in [0.4, 0.5) is 0 Å². The molecule has 2 saturated carbocycles. The molecule has 6 saturated heterocycles. The molecule has 0 radical (unpaired) electrons. The number of rotatable bonds is 1. The number of fused-ring (bicyclic) bond motifs is 2. The van der Waals surface area contributed by atoms with Gasteiger partial charge in [-0.05, 0) is 47.0 Å². The predicted octanol–water partition coefficient (Wildman–Crippen LogP) is 1.17. The van der Waals surface area contributed by atoms with Gasteiger partial charge in [0.15, 0.2) is 5.78 Å². The average molecular weight is 603 g/mol. The second-order valence-corrected chi connectivity index (χ2v) is 15.3. The lowest BCUT2D eigenvalue weighted by Crippen LogP contribution is -2.65. The van der Waals surface area contributed by atoms with Crippen LogP contribution in [-0.4, -0.2) is 87.2 Å². The standard InChI is InChI=1S/C31H38O12/c1-12-20-21(39-24(12)35)19-22-27(5,25(36)28(19,6)37)7-8-29-11-30-15(26(3,4)40-16(30)10-17(33)41-30)9-14(38-13(2)32)18(29)23(34)31(22,42-20)43-29/h12,14-16,18-22,37H,7-11H2,1-6H3. The normalized spacial score (nSPS) is 57.0. The highest BCUT2D eigenvalue weighted by Crippen LogP contribution is 2.72. The minimum atomic E-state index is -2.03. The van der Waals surface area contributed by atoms with Gasteiger partial charge in [-0.1, -0.05) is 6.92 Å². The van der Waals surface area contributed by atoms with Crippen LogP contribution in [0.5, 0.6) is 0 Å². The van der Waals surface area contributed by atoms with E-state index >= 15 is 4.79 Å². The van der Waals surface area contributed by atoms with Crippen molar-refractivity contribution in [1.29, 1.82) is 0 Å². The van der Waals surface area contributed by atoms with Crippen molar-refractivity contribution < 1.29 is 57.5 Å². The Kier molecular flexibility index (Phi) is 5.14. The summed E-state index contributed by atoms with van der Waals surface area (Å²) in [5.41, 5.74) is -6.47. The van der Waals surface area contributed by atoms with Gasteiger partial charge < -0.3 is 33.5 Å². The minimum absolute atomic E-state index is 0.0407. The lowest BCUT2D eigenvalue weighted by Gasteiger charge is -2.50. The largest absolute Gasteiger partial charge is 0.462 e. The van der Waals surface area contributed by atoms with Gasteiger partial charge in [-0.25, -0.2) is 0 Å². The second-order valence-electron chi connectivity index (χ2n) is 15.3. The summed E-state index contributed by atoms with van der Waals surface area (Å²) in [5, 5.41) is 11.8. The summed E-state index contributed by atoms with van der Waals surface area (Å²) < 4.78 is 38.0. The fourth-order valence-electron chi connectivity index (χ4n) is 11.1. The van der Waals surface area contributed by atoms with Crippen LogP contribution in [-0.2, 0) is 52.4 Å². The summed E-state index contributed by atoms with van der Waals surface area (Å²) >= 11 is 0. The molecular weight excluding hydrogens is 564 g/mol. The summed E-state index contributed by atoms with van der Waals surface area (Å²) in [6.07, 6.45) is -2.78. The lowest BCUT2D eigenvalue weighted by atomic mass is 9.60. The van der Waals surface area contributed by atoms with Crippen LogP contribution < -0.4 is 0 Å². The molecular formula is C31H38O12. The third kappa shape index (κ3) is 3.04. The first kappa shape index (κ1) is 28.1. The molecule has 0 aromatic rings. The number of Topliss-reactive ketones (excluding diaryl/α,β-unsaturated/α-hetero) is 2. The molecule has 8 aliphatic rings. The molecule has 12 nitrogen and oxygen atoms in total. The van der Waals surface area contributed by atoms with Gasteiger partial charge in [0.2, 0.25) is 11.6 Å². The minimum Gasteiger partial charge on any atom is -0.462 e. The van der Waals surface area contributed by atoms with Crippen LogP contribution in [0.25, 0.3) is 0 Å². The van der Waals surface area contributed by atoms with Gasteiger partial charge in [-0.3, -0.25) is 24.0 Å². The molecule has 14 atom stereocenters. The Bertz CT molecular complexity index is 1400. The van der Waals surface area contributed by atoms with Crippen LogP contribution in [0, 0.1) is 35.0 Å². The first-order valence-electron chi connectivity index (χ1n) is 15.4. The number of hydrogen-bond donors (Lipinski definition) is 1. The van der Waals surface area contributed by atoms with Crippen molar-refractivity contribution >= 4 is 29.5 Å². The number of ether oxygens (including phenoxy) is 6. The Labute approximate surface area is 248 Å². The highest BCUT2D eigenvalue weighted by atomic mass is 16.7. The molecule has 1 N–H and O–H groups in total. The molecule has 0 aromatic carbocycles. The number of carbonyl (C=O) groups excluding carboxylic acids is 5. The van der Waals surface area contributed by atoms with E-state index in [1.807, 2.05) is 13.8 Å². The van der Waals surface area contributed by atoms with Gasteiger partial charge in [-0.2, -0.15) is 0 Å². The maximum atomic E-state index is 15.2. The van der Waals surface area contributed by atoms with Crippen molar-refractivity contribution in [3.05, 3.63) is 0 Å². The third-order valence-corrected chi connectivity index (χ3v) is 12.6. The summed E-state index contributed by atoms with van der Waals surface area (Å²) in [6.45, 7) is 9.88. The molecule has 2 bridgehead atoms. The smallest absolute Gasteiger partial charge is 0.311 e. The van der Waals surface area contributed by atoms with E-state index < -0.39 is 117 Å². The van der Waals surface area contributed by atoms with Gasteiger partial charge in [0.05, 0.1) is 29.5 Å². The zero-order valence-electron chi connectivity index (χ0n) is 25.2. The first-order valence-corrected chi connectivity index (χ1v) is 15.4. The predicted molar refractivity (Wildman–Crippen MR) is 140 cm³/mol. The summed E-state index contributed by atoms with van der Waals surface area (Å²) in [7, 11) is 0. The van der Waals surface area contributed by atoms with Crippen LogP contribution in [0.15, 0.2) is 0 Å². The van der Waals surface area contributed by atoms with Crippen molar-refractivity contribution in [3.63, 3.8) is 0 Å². The molecule has 6 aliphatic heterocycles. The second kappa shape index (κ2) is 7.86. The highest BCUT2D eigenvalue weighted by molar-refractivity contribution is 6.00. The molecule has 6 heterocycles. The van der Waals surface area contributed by atoms with E-state index in [0.29, 0.717) is 0 Å². The van der Waals surface area contributed by atoms with Gasteiger partial charge >= 0.3 is 17.9 Å². The van der Waals surface area contributed by atoms with Crippen molar-refractivity contribution in [2.24, 2.45) is 35.0 Å². The van der Waals surface area contributed by atoms with Gasteiger partial charge in [0, 0.05) is 36.5 Å². The molecule has 234 valence electrons. The Morgan fingerprint density at radius 3 is 2.44 bits per heavy atom. The first-order chi connectivity index (χ1) is 19.9. The fraction of sp³-hybridized carbons (Fsp3) is 0.839. The monoisotopic (exact) mass is 602 g/mol. The zero-order chi connectivity index (χ0) is 30.9. The lowest BCUT2D eigenvalue weighted by molar-refractivity contribution is -0.336. The number of hydrogen-bond acceptors (Lipinski definition) is 12. The summed E-state index contributed by atoms with van der Waals surface area (Å²) in [4.78, 5) is 67.6. The van der Waals surface area contributed by atoms with E-state index in [4.69, 9.17) is 28.4 Å². The van der Waals surface area contributed by atoms with E-state index in [2.05, 4.69) is 0 Å². The van der Waals surface area contributed by atoms with Crippen LogP contribution in [0.3, 0.4) is 0 Å². The van der Waals surface area contributed by atoms with Gasteiger partial charge in [0.25, 0.3) is 0 Å². The molecule has 43 heavy (non-hydrogen) atoms. The Morgan fingerprint density at radius 1 is 1.02 bits per heavy atom. The number of esters is 3. The SMILES string of the molecule is CC(=O)OC1CC2C(C)(C)OC3CC(=O)OC32CC23CCC4(C)C(=O)C(C)(O)C5C6OC(=O)C(C)C6OC(O2)(C(=O)C13)C54. The van der Waals surface area contributed by atoms with Gasteiger partial charge in [0.1, 0.15) is 35.6 Å². The van der Waals surface area contributed by atoms with Crippen molar-refractivity contribution in [1.82, 2.24) is 0 Å². The Hall–Kier alpha value is -2.41. The molecule has 14 unspecified atom stereocenters. The molecule has 3 spiro atoms. The number of carbonyl (C=O) groups is 5. The maximum absolute atomic E-state index is 15.2. The quantitative estimate of drug-likeness (QED) is 0.338. The van der Waals surface area contributed by atoms with Crippen molar-refractivity contribution in [2.75, 3.05) is 0 Å². The average Bonchev–Trinajstić information content (AvgIpc) is 3.48. The third-order valence-electron chi connectivity index (χ3n) is 12.6. The molecule has 0 aromatic heterocycles. The van der Waals surface area contributed by atoms with E-state index in [9.17, 15) is 24.3 Å². The molecule has 0 amide bonds. The van der Waals surface area contributed by atoms with Crippen LogP contribution >= 0.6 is 0 Å². The topological polar surface area (TPSA) is 161 Å². The number of aliphatic hydroxyl groups is 1. The summed E-state index contributed by atoms with van der Waals surface area (Å²) in [6, 6.07) is 0. The Balaban J connectivity index is 1.35. The van der Waals surface area contributed by atoms with Crippen LogP contribution in [0.2, 0.25) is 0 Å². The van der Waals surface area contributed by atoms with E-state index in [1.54, 1.807) is 13.8 Å². The number of ketones is 2. The highest BCUT2D eigenvalue weighted by Gasteiger charge is 2.86. The summed E-state index contributed by atoms with van der Waals surface area (Å²) in [5.74, 6) is -8.67. The van der Waals surface area contributed by atoms with Crippen molar-refractivity contribution in [2.45, 2.75) is 126 Å². The fourth-order valence-corrected chi connectivity index (χ4v) is 11.1. The maximum Gasteiger partial charge on any atom is 0.311 e. The zero-order valence-corrected chi connectivity index (χ0v) is 25.2. The van der Waals surface area contributed by atoms with E-state index in [1.165, 1.54) is 13.8 Å². The Morgan fingerprint density at radius 2 is 1.74 bits per heavy atom. The molecule has 12 heteroatoms. The molecule has 2 aliphatic carbocycles. The van der Waals surface area contributed by atoms with E-state index in [0.717, 1.165) is 0 Å². The van der Waals surface area contributed by atoms with Gasteiger partial charge in [-0.15, -0.1) is 0 Å². The molecule has 8 fully saturated rings. The molecule has 8 rings (SSSR count).